The Labute approximate surface area is 252 Å². The minimum absolute atomic E-state index is 0.0174. The standard InChI is InChI=1S/C29H23F3N8O3S/c1-17-5-2-3-6-21(17)40-24(13-23(38-40)29(30,31)32)37-26(42)36-19-14-33-27(34-15-19)43-20-10-8-18(9-11-20)22-16-35-28(44-22)39-12-4-7-25(39)41/h2-3,5-6,8-11,13-16H,4,7,12H2,1H3,(H2,36,37,42). The number of hydrogen-bond acceptors (Lipinski definition) is 8. The van der Waals surface area contributed by atoms with E-state index in [1.54, 1.807) is 54.4 Å². The van der Waals surface area contributed by atoms with Gasteiger partial charge in [-0.25, -0.2) is 24.4 Å². The maximum Gasteiger partial charge on any atom is 0.435 e. The van der Waals surface area contributed by atoms with Gasteiger partial charge in [0.25, 0.3) is 0 Å². The van der Waals surface area contributed by atoms with Crippen molar-refractivity contribution in [1.82, 2.24) is 24.7 Å². The fourth-order valence-electron chi connectivity index (χ4n) is 4.47. The number of nitrogens with zero attached hydrogens (tertiary/aromatic N) is 6. The average molecular weight is 621 g/mol. The van der Waals surface area contributed by atoms with E-state index < -0.39 is 17.9 Å². The molecule has 0 spiro atoms. The number of benzene rings is 2. The minimum atomic E-state index is -4.70. The molecule has 15 heteroatoms. The highest BCUT2D eigenvalue weighted by atomic mass is 32.1. The van der Waals surface area contributed by atoms with Gasteiger partial charge in [-0.15, -0.1) is 0 Å². The number of alkyl halides is 3. The summed E-state index contributed by atoms with van der Waals surface area (Å²) in [6, 6.07) is 13.9. The number of carbonyl (C=O) groups excluding carboxylic acids is 2. The van der Waals surface area contributed by atoms with Gasteiger partial charge in [0.05, 0.1) is 28.6 Å². The summed E-state index contributed by atoms with van der Waals surface area (Å²) in [7, 11) is 0. The molecule has 1 saturated heterocycles. The van der Waals surface area contributed by atoms with Crippen LogP contribution < -0.4 is 20.3 Å². The Morgan fingerprint density at radius 3 is 2.43 bits per heavy atom. The molecule has 0 atom stereocenters. The third kappa shape index (κ3) is 6.22. The summed E-state index contributed by atoms with van der Waals surface area (Å²) in [5.41, 5.74) is 0.987. The first-order valence-electron chi connectivity index (χ1n) is 13.3. The van der Waals surface area contributed by atoms with Crippen molar-refractivity contribution in [1.29, 1.82) is 0 Å². The van der Waals surface area contributed by atoms with Crippen LogP contribution in [0.2, 0.25) is 0 Å². The van der Waals surface area contributed by atoms with Crippen LogP contribution in [0.5, 0.6) is 11.8 Å². The summed E-state index contributed by atoms with van der Waals surface area (Å²) in [6.07, 6.45) is 1.01. The predicted molar refractivity (Wildman–Crippen MR) is 157 cm³/mol. The number of anilines is 3. The molecule has 3 amide bonds. The number of rotatable bonds is 7. The largest absolute Gasteiger partial charge is 0.435 e. The van der Waals surface area contributed by atoms with E-state index in [1.807, 2.05) is 12.1 Å². The van der Waals surface area contributed by atoms with Gasteiger partial charge in [-0.2, -0.15) is 18.3 Å². The molecule has 5 aromatic rings. The Hall–Kier alpha value is -5.31. The molecule has 2 N–H and O–H groups in total. The minimum Gasteiger partial charge on any atom is -0.424 e. The monoisotopic (exact) mass is 620 g/mol. The molecule has 0 radical (unpaired) electrons. The zero-order valence-corrected chi connectivity index (χ0v) is 23.8. The maximum absolute atomic E-state index is 13.4. The Balaban J connectivity index is 1.09. The normalized spacial score (nSPS) is 13.3. The molecule has 0 aliphatic carbocycles. The molecular weight excluding hydrogens is 597 g/mol. The number of amides is 3. The van der Waals surface area contributed by atoms with Crippen LogP contribution in [0, 0.1) is 6.92 Å². The summed E-state index contributed by atoms with van der Waals surface area (Å²) < 4.78 is 46.9. The van der Waals surface area contributed by atoms with Crippen LogP contribution in [0.4, 0.5) is 34.6 Å². The molecule has 1 aliphatic heterocycles. The number of ether oxygens (including phenoxy) is 1. The molecule has 0 saturated carbocycles. The van der Waals surface area contributed by atoms with Gasteiger partial charge in [-0.1, -0.05) is 29.5 Å². The highest BCUT2D eigenvalue weighted by molar-refractivity contribution is 7.19. The second-order valence-corrected chi connectivity index (χ2v) is 10.7. The van der Waals surface area contributed by atoms with Gasteiger partial charge in [-0.3, -0.25) is 15.0 Å². The van der Waals surface area contributed by atoms with Crippen LogP contribution in [0.3, 0.4) is 0 Å². The molecule has 44 heavy (non-hydrogen) atoms. The van der Waals surface area contributed by atoms with Gasteiger partial charge in [0.15, 0.2) is 10.8 Å². The molecule has 0 bridgehead atoms. The van der Waals surface area contributed by atoms with Crippen LogP contribution in [0.1, 0.15) is 24.1 Å². The van der Waals surface area contributed by atoms with Crippen LogP contribution in [0.25, 0.3) is 16.1 Å². The summed E-state index contributed by atoms with van der Waals surface area (Å²) in [5, 5.41) is 9.24. The lowest BCUT2D eigenvalue weighted by Gasteiger charge is -2.12. The first-order valence-corrected chi connectivity index (χ1v) is 14.1. The van der Waals surface area contributed by atoms with Crippen molar-refractivity contribution in [2.75, 3.05) is 22.1 Å². The third-order valence-corrected chi connectivity index (χ3v) is 7.69. The van der Waals surface area contributed by atoms with Gasteiger partial charge in [0.2, 0.25) is 5.91 Å². The lowest BCUT2D eigenvalue weighted by Crippen LogP contribution is -2.23. The number of halogens is 3. The molecule has 4 heterocycles. The van der Waals surface area contributed by atoms with Crippen molar-refractivity contribution >= 4 is 39.9 Å². The number of aromatic nitrogens is 5. The van der Waals surface area contributed by atoms with E-state index in [-0.39, 0.29) is 23.4 Å². The van der Waals surface area contributed by atoms with E-state index in [9.17, 15) is 22.8 Å². The first kappa shape index (κ1) is 28.8. The molecule has 3 aromatic heterocycles. The van der Waals surface area contributed by atoms with Crippen LogP contribution in [-0.4, -0.2) is 43.2 Å². The van der Waals surface area contributed by atoms with E-state index in [0.29, 0.717) is 35.1 Å². The summed E-state index contributed by atoms with van der Waals surface area (Å²) in [4.78, 5) is 39.9. The number of urea groups is 1. The number of hydrogen-bond donors (Lipinski definition) is 2. The van der Waals surface area contributed by atoms with E-state index in [1.165, 1.54) is 23.7 Å². The maximum atomic E-state index is 13.4. The number of aryl methyl sites for hydroxylation is 1. The van der Waals surface area contributed by atoms with Crippen molar-refractivity contribution in [3.05, 3.63) is 84.4 Å². The fourth-order valence-corrected chi connectivity index (χ4v) is 5.44. The highest BCUT2D eigenvalue weighted by Crippen LogP contribution is 2.34. The molecule has 0 unspecified atom stereocenters. The fraction of sp³-hybridized carbons (Fsp3) is 0.172. The van der Waals surface area contributed by atoms with Gasteiger partial charge >= 0.3 is 18.2 Å². The van der Waals surface area contributed by atoms with Crippen molar-refractivity contribution in [3.8, 4) is 27.9 Å². The van der Waals surface area contributed by atoms with Crippen molar-refractivity contribution < 1.29 is 27.5 Å². The summed E-state index contributed by atoms with van der Waals surface area (Å²) >= 11 is 1.44. The van der Waals surface area contributed by atoms with Crippen molar-refractivity contribution in [2.24, 2.45) is 0 Å². The van der Waals surface area contributed by atoms with Crippen molar-refractivity contribution in [2.45, 2.75) is 25.9 Å². The zero-order valence-electron chi connectivity index (χ0n) is 23.0. The topological polar surface area (TPSA) is 127 Å². The van der Waals surface area contributed by atoms with E-state index in [4.69, 9.17) is 4.74 Å². The van der Waals surface area contributed by atoms with E-state index in [0.717, 1.165) is 27.6 Å². The van der Waals surface area contributed by atoms with Crippen LogP contribution >= 0.6 is 11.3 Å². The molecule has 1 aliphatic rings. The second kappa shape index (κ2) is 11.8. The molecule has 2 aromatic carbocycles. The van der Waals surface area contributed by atoms with Gasteiger partial charge in [0, 0.05) is 25.2 Å². The number of carbonyl (C=O) groups is 2. The van der Waals surface area contributed by atoms with E-state index in [2.05, 4.69) is 30.7 Å². The number of thiazole rings is 1. The second-order valence-electron chi connectivity index (χ2n) is 9.73. The first-order chi connectivity index (χ1) is 21.1. The zero-order chi connectivity index (χ0) is 30.8. The number of nitrogens with one attached hydrogen (secondary N) is 2. The smallest absolute Gasteiger partial charge is 0.424 e. The molecule has 11 nitrogen and oxygen atoms in total. The summed E-state index contributed by atoms with van der Waals surface area (Å²) in [5.74, 6) is 0.380. The summed E-state index contributed by atoms with van der Waals surface area (Å²) in [6.45, 7) is 2.40. The molecule has 1 fully saturated rings. The average Bonchev–Trinajstić information content (AvgIpc) is 3.75. The third-order valence-electron chi connectivity index (χ3n) is 6.62. The van der Waals surface area contributed by atoms with Crippen LogP contribution in [-0.2, 0) is 11.0 Å². The lowest BCUT2D eigenvalue weighted by molar-refractivity contribution is -0.141. The van der Waals surface area contributed by atoms with E-state index >= 15 is 0 Å². The quantitative estimate of drug-likeness (QED) is 0.208. The number of para-hydroxylation sites is 1. The Morgan fingerprint density at radius 2 is 1.75 bits per heavy atom. The van der Waals surface area contributed by atoms with Gasteiger partial charge in [0.1, 0.15) is 11.6 Å². The van der Waals surface area contributed by atoms with Gasteiger partial charge < -0.3 is 10.1 Å². The van der Waals surface area contributed by atoms with Crippen molar-refractivity contribution in [3.63, 3.8) is 0 Å². The Bertz CT molecular complexity index is 1820. The SMILES string of the molecule is Cc1ccccc1-n1nc(C(F)(F)F)cc1NC(=O)Nc1cnc(Oc2ccc(-c3cnc(N4CCCC4=O)s3)cc2)nc1. The lowest BCUT2D eigenvalue weighted by atomic mass is 10.2. The highest BCUT2D eigenvalue weighted by Gasteiger charge is 2.35. The predicted octanol–water partition coefficient (Wildman–Crippen LogP) is 6.68. The Kier molecular flexibility index (Phi) is 7.69. The molecule has 224 valence electrons. The van der Waals surface area contributed by atoms with Gasteiger partial charge in [-0.05, 0) is 54.8 Å². The molecule has 6 rings (SSSR count). The molecular formula is C29H23F3N8O3S. The Morgan fingerprint density at radius 1 is 1.00 bits per heavy atom. The van der Waals surface area contributed by atoms with Crippen LogP contribution in [0.15, 0.2) is 73.2 Å².